The van der Waals surface area contributed by atoms with E-state index in [2.05, 4.69) is 4.74 Å². The average Bonchev–Trinajstić information content (AvgIpc) is 3.05. The van der Waals surface area contributed by atoms with E-state index < -0.39 is 38.4 Å². The third-order valence-corrected chi connectivity index (χ3v) is 5.67. The monoisotopic (exact) mass is 306 g/mol. The maximum absolute atomic E-state index is 12.1. The summed E-state index contributed by atoms with van der Waals surface area (Å²) in [4.78, 5) is 33.3. The summed E-state index contributed by atoms with van der Waals surface area (Å²) in [5.41, 5.74) is 4.13. The minimum Gasteiger partial charge on any atom is -0.469 e. The van der Waals surface area contributed by atoms with E-state index in [-0.39, 0.29) is 12.2 Å². The molecule has 3 amide bonds. The number of sulfone groups is 1. The number of methoxy groups -OCH3 is 1. The van der Waals surface area contributed by atoms with Crippen LogP contribution in [0.1, 0.15) is 26.2 Å². The zero-order valence-corrected chi connectivity index (χ0v) is 12.2. The Morgan fingerprint density at radius 2 is 1.90 bits per heavy atom. The zero-order chi connectivity index (χ0) is 15.6. The zero-order valence-electron chi connectivity index (χ0n) is 11.3. The van der Waals surface area contributed by atoms with Crippen molar-refractivity contribution in [2.45, 2.75) is 31.4 Å². The average molecular weight is 306 g/mol. The van der Waals surface area contributed by atoms with Crippen molar-refractivity contribution in [3.05, 3.63) is 0 Å². The maximum atomic E-state index is 12.1. The molecule has 114 valence electrons. The smallest absolute Gasteiger partial charge is 0.318 e. The van der Waals surface area contributed by atoms with Crippen LogP contribution in [0.25, 0.3) is 0 Å². The first-order valence-electron chi connectivity index (χ1n) is 6.00. The van der Waals surface area contributed by atoms with Gasteiger partial charge >= 0.3 is 12.0 Å². The fourth-order valence-corrected chi connectivity index (χ4v) is 3.74. The number of urea groups is 1. The summed E-state index contributed by atoms with van der Waals surface area (Å²) in [6.45, 7) is 1.18. The first-order chi connectivity index (χ1) is 9.12. The van der Waals surface area contributed by atoms with Crippen LogP contribution < -0.4 is 11.1 Å². The summed E-state index contributed by atoms with van der Waals surface area (Å²) in [5, 5.41) is 0.338. The highest BCUT2D eigenvalue weighted by molar-refractivity contribution is 7.92. The molecule has 1 atom stereocenters. The molecule has 1 aliphatic rings. The normalized spacial score (nSPS) is 17.9. The summed E-state index contributed by atoms with van der Waals surface area (Å²) < 4.78 is 28.8. The largest absolute Gasteiger partial charge is 0.469 e. The Kier molecular flexibility index (Phi) is 4.74. The number of esters is 1. The van der Waals surface area contributed by atoms with Gasteiger partial charge in [-0.05, 0) is 25.2 Å². The molecule has 0 aliphatic heterocycles. The van der Waals surface area contributed by atoms with Gasteiger partial charge in [0.1, 0.15) is 5.25 Å². The topological polar surface area (TPSA) is 133 Å². The van der Waals surface area contributed by atoms with Gasteiger partial charge in [-0.3, -0.25) is 14.9 Å². The molecule has 1 aliphatic carbocycles. The van der Waals surface area contributed by atoms with Gasteiger partial charge in [-0.15, -0.1) is 0 Å². The number of amides is 3. The van der Waals surface area contributed by atoms with Crippen molar-refractivity contribution < 1.29 is 27.5 Å². The quantitative estimate of drug-likeness (QED) is 0.625. The summed E-state index contributed by atoms with van der Waals surface area (Å²) in [6.07, 6.45) is 1.18. The number of nitrogens with two attached hydrogens (primary N) is 1. The lowest BCUT2D eigenvalue weighted by Gasteiger charge is -2.17. The fraction of sp³-hybridized carbons (Fsp3) is 0.727. The Morgan fingerprint density at radius 1 is 1.35 bits per heavy atom. The Hall–Kier alpha value is -1.64. The first-order valence-corrected chi connectivity index (χ1v) is 7.72. The molecule has 0 aromatic rings. The highest BCUT2D eigenvalue weighted by Crippen LogP contribution is 2.50. The van der Waals surface area contributed by atoms with Gasteiger partial charge in [-0.25, -0.2) is 13.2 Å². The second-order valence-electron chi connectivity index (χ2n) is 5.06. The summed E-state index contributed by atoms with van der Waals surface area (Å²) in [6, 6.07) is -1.10. The van der Waals surface area contributed by atoms with E-state index in [0.29, 0.717) is 12.8 Å². The Bertz CT molecular complexity index is 523. The van der Waals surface area contributed by atoms with Crippen molar-refractivity contribution in [2.75, 3.05) is 12.9 Å². The Balaban J connectivity index is 2.72. The number of carbonyl (C=O) groups is 3. The molecule has 0 bridgehead atoms. The number of carbonyl (C=O) groups excluding carboxylic acids is 3. The Morgan fingerprint density at radius 3 is 2.30 bits per heavy atom. The standard InChI is InChI=1S/C11H18N2O6S/c1-7(9(15)13-10(12)16)20(17,18)6-11(3-4-11)5-8(14)19-2/h7H,3-6H2,1-2H3,(H3,12,13,15,16). The van der Waals surface area contributed by atoms with Crippen LogP contribution in [0.3, 0.4) is 0 Å². The van der Waals surface area contributed by atoms with E-state index in [1.54, 1.807) is 5.32 Å². The molecule has 9 heteroatoms. The van der Waals surface area contributed by atoms with Gasteiger partial charge < -0.3 is 10.5 Å². The number of hydrogen-bond donors (Lipinski definition) is 2. The van der Waals surface area contributed by atoms with Crippen LogP contribution >= 0.6 is 0 Å². The minimum absolute atomic E-state index is 0.00683. The lowest BCUT2D eigenvalue weighted by atomic mass is 10.1. The van der Waals surface area contributed by atoms with Gasteiger partial charge in [0.25, 0.3) is 0 Å². The maximum Gasteiger partial charge on any atom is 0.318 e. The lowest BCUT2D eigenvalue weighted by molar-refractivity contribution is -0.141. The van der Waals surface area contributed by atoms with Crippen LogP contribution in [0, 0.1) is 5.41 Å². The number of rotatable bonds is 6. The molecule has 0 spiro atoms. The molecule has 0 aromatic heterocycles. The number of ether oxygens (including phenoxy) is 1. The number of hydrogen-bond acceptors (Lipinski definition) is 6. The molecule has 0 radical (unpaired) electrons. The van der Waals surface area contributed by atoms with Gasteiger partial charge in [0, 0.05) is 0 Å². The molecular weight excluding hydrogens is 288 g/mol. The van der Waals surface area contributed by atoms with E-state index in [0.717, 1.165) is 0 Å². The predicted molar refractivity (Wildman–Crippen MR) is 69.3 cm³/mol. The molecule has 1 rings (SSSR count). The summed E-state index contributed by atoms with van der Waals surface area (Å²) >= 11 is 0. The number of imide groups is 1. The molecule has 8 nitrogen and oxygen atoms in total. The third kappa shape index (κ3) is 4.19. The highest BCUT2D eigenvalue weighted by atomic mass is 32.2. The van der Waals surface area contributed by atoms with Gasteiger partial charge in [0.15, 0.2) is 9.84 Å². The van der Waals surface area contributed by atoms with Crippen molar-refractivity contribution in [2.24, 2.45) is 11.1 Å². The molecule has 0 saturated heterocycles. The second kappa shape index (κ2) is 5.78. The van der Waals surface area contributed by atoms with E-state index >= 15 is 0 Å². The van der Waals surface area contributed by atoms with E-state index in [4.69, 9.17) is 5.73 Å². The van der Waals surface area contributed by atoms with Crippen molar-refractivity contribution >= 4 is 27.7 Å². The van der Waals surface area contributed by atoms with E-state index in [1.807, 2.05) is 0 Å². The molecule has 20 heavy (non-hydrogen) atoms. The molecule has 0 aromatic carbocycles. The number of primary amides is 1. The van der Waals surface area contributed by atoms with Crippen LogP contribution in [0.2, 0.25) is 0 Å². The van der Waals surface area contributed by atoms with Crippen molar-refractivity contribution in [1.29, 1.82) is 0 Å². The minimum atomic E-state index is -3.78. The Labute approximate surface area is 116 Å². The van der Waals surface area contributed by atoms with Gasteiger partial charge in [-0.2, -0.15) is 0 Å². The predicted octanol–water partition coefficient (Wildman–Crippen LogP) is -0.672. The number of nitrogens with one attached hydrogen (secondary N) is 1. The van der Waals surface area contributed by atoms with Gasteiger partial charge in [-0.1, -0.05) is 0 Å². The van der Waals surface area contributed by atoms with Gasteiger partial charge in [0.05, 0.1) is 19.3 Å². The van der Waals surface area contributed by atoms with Crippen LogP contribution in [0.15, 0.2) is 0 Å². The summed E-state index contributed by atoms with van der Waals surface area (Å²) in [7, 11) is -2.55. The van der Waals surface area contributed by atoms with Gasteiger partial charge in [0.2, 0.25) is 5.91 Å². The van der Waals surface area contributed by atoms with E-state index in [1.165, 1.54) is 14.0 Å². The van der Waals surface area contributed by atoms with Crippen molar-refractivity contribution in [3.63, 3.8) is 0 Å². The third-order valence-electron chi connectivity index (χ3n) is 3.37. The second-order valence-corrected chi connectivity index (χ2v) is 7.38. The lowest BCUT2D eigenvalue weighted by Crippen LogP contribution is -2.45. The fourth-order valence-electron chi connectivity index (χ4n) is 1.87. The summed E-state index contributed by atoms with van der Waals surface area (Å²) in [5.74, 6) is -1.74. The van der Waals surface area contributed by atoms with Crippen LogP contribution in [0.5, 0.6) is 0 Å². The van der Waals surface area contributed by atoms with E-state index in [9.17, 15) is 22.8 Å². The van der Waals surface area contributed by atoms with Crippen molar-refractivity contribution in [1.82, 2.24) is 5.32 Å². The molecular formula is C11H18N2O6S. The highest BCUT2D eigenvalue weighted by Gasteiger charge is 2.49. The molecule has 1 unspecified atom stereocenters. The molecule has 1 fully saturated rings. The van der Waals surface area contributed by atoms with Crippen LogP contribution in [-0.2, 0) is 24.2 Å². The molecule has 0 heterocycles. The molecule has 3 N–H and O–H groups in total. The first kappa shape index (κ1) is 16.4. The van der Waals surface area contributed by atoms with Crippen LogP contribution in [-0.4, -0.2) is 44.4 Å². The van der Waals surface area contributed by atoms with Crippen LogP contribution in [0.4, 0.5) is 4.79 Å². The SMILES string of the molecule is COC(=O)CC1(CS(=O)(=O)C(C)C(=O)NC(N)=O)CC1. The molecule has 1 saturated carbocycles. The van der Waals surface area contributed by atoms with Crippen molar-refractivity contribution in [3.8, 4) is 0 Å².